The average molecular weight is 250 g/mol. The van der Waals surface area contributed by atoms with Crippen molar-refractivity contribution in [3.8, 4) is 0 Å². The summed E-state index contributed by atoms with van der Waals surface area (Å²) in [6.45, 7) is 0. The minimum Gasteiger partial charge on any atom is -0.809 e. The molecule has 0 aliphatic rings. The SMILES string of the molecule is O=P(O)(O)CC(O)P(=O)([O-])[O-].[Na+].[Na+]. The summed E-state index contributed by atoms with van der Waals surface area (Å²) >= 11 is 0. The molecular formula is C2H6Na2O7P2. The van der Waals surface area contributed by atoms with Crippen LogP contribution in [0, 0.1) is 0 Å². The third-order valence-electron chi connectivity index (χ3n) is 0.766. The van der Waals surface area contributed by atoms with Gasteiger partial charge in [0.2, 0.25) is 0 Å². The fraction of sp³-hybridized carbons (Fsp3) is 1.00. The van der Waals surface area contributed by atoms with Gasteiger partial charge in [-0.1, -0.05) is 0 Å². The van der Waals surface area contributed by atoms with Gasteiger partial charge in [0, 0.05) is 0 Å². The van der Waals surface area contributed by atoms with Crippen molar-refractivity contribution in [1.29, 1.82) is 0 Å². The third-order valence-corrected chi connectivity index (χ3v) is 2.79. The molecule has 0 bridgehead atoms. The molecule has 0 saturated heterocycles. The molecular weight excluding hydrogens is 244 g/mol. The number of aliphatic hydroxyl groups is 1. The van der Waals surface area contributed by atoms with Gasteiger partial charge in [0.1, 0.15) is 0 Å². The van der Waals surface area contributed by atoms with Gasteiger partial charge in [-0.2, -0.15) is 0 Å². The van der Waals surface area contributed by atoms with Crippen molar-refractivity contribution in [2.75, 3.05) is 6.16 Å². The first-order valence-corrected chi connectivity index (χ1v) is 5.78. The second-order valence-electron chi connectivity index (χ2n) is 1.87. The topological polar surface area (TPSA) is 141 Å². The van der Waals surface area contributed by atoms with Crippen LogP contribution in [0.15, 0.2) is 0 Å². The molecule has 0 aromatic carbocycles. The summed E-state index contributed by atoms with van der Waals surface area (Å²) in [7, 11) is -9.93. The quantitative estimate of drug-likeness (QED) is 0.333. The van der Waals surface area contributed by atoms with Crippen LogP contribution in [0.3, 0.4) is 0 Å². The second-order valence-corrected chi connectivity index (χ2v) is 5.24. The van der Waals surface area contributed by atoms with Gasteiger partial charge in [-0.05, 0) is 7.60 Å². The maximum atomic E-state index is 10.0. The Morgan fingerprint density at radius 1 is 1.15 bits per heavy atom. The van der Waals surface area contributed by atoms with Crippen molar-refractivity contribution < 1.29 is 92.9 Å². The van der Waals surface area contributed by atoms with Gasteiger partial charge in [0.15, 0.2) is 0 Å². The van der Waals surface area contributed by atoms with Gasteiger partial charge in [0.25, 0.3) is 0 Å². The van der Waals surface area contributed by atoms with E-state index in [1.54, 1.807) is 0 Å². The van der Waals surface area contributed by atoms with Crippen molar-refractivity contribution in [1.82, 2.24) is 0 Å². The van der Waals surface area contributed by atoms with E-state index in [9.17, 15) is 18.9 Å². The largest absolute Gasteiger partial charge is 1.00 e. The Balaban J connectivity index is -0.000000500. The Morgan fingerprint density at radius 2 is 1.46 bits per heavy atom. The predicted octanol–water partition coefficient (Wildman–Crippen LogP) is -8.60. The number of hydrogen-bond donors (Lipinski definition) is 3. The minimum absolute atomic E-state index is 0. The molecule has 0 rings (SSSR count). The minimum atomic E-state index is -5.29. The zero-order valence-corrected chi connectivity index (χ0v) is 12.9. The van der Waals surface area contributed by atoms with Crippen LogP contribution in [0.5, 0.6) is 0 Å². The first kappa shape index (κ1) is 20.6. The summed E-state index contributed by atoms with van der Waals surface area (Å²) in [5.41, 5.74) is 0. The van der Waals surface area contributed by atoms with Crippen LogP contribution >= 0.6 is 15.2 Å². The fourth-order valence-corrected chi connectivity index (χ4v) is 2.18. The Morgan fingerprint density at radius 3 is 1.54 bits per heavy atom. The van der Waals surface area contributed by atoms with Gasteiger partial charge in [-0.25, -0.2) is 0 Å². The molecule has 0 aromatic heterocycles. The van der Waals surface area contributed by atoms with Crippen molar-refractivity contribution in [3.63, 3.8) is 0 Å². The Kier molecular flexibility index (Phi) is 11.9. The van der Waals surface area contributed by atoms with E-state index < -0.39 is 27.2 Å². The van der Waals surface area contributed by atoms with Gasteiger partial charge in [0.05, 0.1) is 12.0 Å². The molecule has 0 spiro atoms. The summed E-state index contributed by atoms with van der Waals surface area (Å²) in [6.07, 6.45) is -1.35. The van der Waals surface area contributed by atoms with E-state index in [2.05, 4.69) is 0 Å². The molecule has 0 aromatic rings. The van der Waals surface area contributed by atoms with Crippen LogP contribution in [0.4, 0.5) is 0 Å². The molecule has 13 heavy (non-hydrogen) atoms. The van der Waals surface area contributed by atoms with E-state index in [0.29, 0.717) is 0 Å². The Hall–Kier alpha value is 2.26. The fourth-order valence-electron chi connectivity index (χ4n) is 0.313. The number of hydrogen-bond acceptors (Lipinski definition) is 5. The predicted molar refractivity (Wildman–Crippen MR) is 30.5 cm³/mol. The first-order valence-electron chi connectivity index (χ1n) is 2.37. The zero-order valence-electron chi connectivity index (χ0n) is 7.15. The monoisotopic (exact) mass is 250 g/mol. The maximum absolute atomic E-state index is 10.0. The summed E-state index contributed by atoms with van der Waals surface area (Å²) in [6, 6.07) is 0. The number of aliphatic hydroxyl groups excluding tert-OH is 1. The molecule has 7 nitrogen and oxygen atoms in total. The molecule has 0 aliphatic carbocycles. The molecule has 11 heteroatoms. The van der Waals surface area contributed by atoms with E-state index in [0.717, 1.165) is 0 Å². The summed E-state index contributed by atoms with van der Waals surface area (Å²) in [5.74, 6) is -2.51. The zero-order chi connectivity index (χ0) is 9.28. The molecule has 0 aliphatic heterocycles. The van der Waals surface area contributed by atoms with Gasteiger partial charge < -0.3 is 29.2 Å². The summed E-state index contributed by atoms with van der Waals surface area (Å²) in [5, 5.41) is 8.34. The molecule has 0 fully saturated rings. The normalized spacial score (nSPS) is 13.9. The van der Waals surface area contributed by atoms with Gasteiger partial charge >= 0.3 is 66.7 Å². The molecule has 1 unspecified atom stereocenters. The van der Waals surface area contributed by atoms with Crippen LogP contribution in [0.25, 0.3) is 0 Å². The van der Waals surface area contributed by atoms with E-state index in [1.165, 1.54) is 0 Å². The third kappa shape index (κ3) is 12.2. The van der Waals surface area contributed by atoms with Crippen molar-refractivity contribution >= 4 is 15.2 Å². The van der Waals surface area contributed by atoms with Crippen molar-refractivity contribution in [2.45, 2.75) is 5.85 Å². The number of rotatable bonds is 3. The van der Waals surface area contributed by atoms with Crippen LogP contribution in [-0.2, 0) is 9.13 Å². The van der Waals surface area contributed by atoms with E-state index in [-0.39, 0.29) is 59.1 Å². The van der Waals surface area contributed by atoms with Crippen LogP contribution in [-0.4, -0.2) is 26.9 Å². The van der Waals surface area contributed by atoms with Gasteiger partial charge in [-0.3, -0.25) is 4.57 Å². The molecule has 0 heterocycles. The first-order chi connectivity index (χ1) is 4.63. The molecule has 0 amide bonds. The second kappa shape index (κ2) is 7.52. The molecule has 1 atom stereocenters. The average Bonchev–Trinajstić information content (AvgIpc) is 1.56. The van der Waals surface area contributed by atoms with Crippen molar-refractivity contribution in [3.05, 3.63) is 0 Å². The van der Waals surface area contributed by atoms with Gasteiger partial charge in [-0.15, -0.1) is 0 Å². The smallest absolute Gasteiger partial charge is 0.809 e. The van der Waals surface area contributed by atoms with Crippen molar-refractivity contribution in [2.24, 2.45) is 0 Å². The Bertz CT molecular complexity index is 219. The van der Waals surface area contributed by atoms with E-state index >= 15 is 0 Å². The molecule has 68 valence electrons. The summed E-state index contributed by atoms with van der Waals surface area (Å²) < 4.78 is 19.9. The van der Waals surface area contributed by atoms with E-state index in [4.69, 9.17) is 14.9 Å². The van der Waals surface area contributed by atoms with Crippen LogP contribution in [0.1, 0.15) is 0 Å². The molecule has 0 saturated carbocycles. The Labute approximate surface area is 119 Å². The molecule has 3 N–H and O–H groups in total. The maximum Gasteiger partial charge on any atom is 1.00 e. The summed E-state index contributed by atoms with van der Waals surface area (Å²) in [4.78, 5) is 36.0. The van der Waals surface area contributed by atoms with E-state index in [1.807, 2.05) is 0 Å². The van der Waals surface area contributed by atoms with Crippen LogP contribution in [0.2, 0.25) is 0 Å². The standard InChI is InChI=1S/C2H8O7P2.2Na/c3-2(11(7,8)9)1-10(4,5)6;;/h2-3H,1H2,(H2,4,5,6)(H2,7,8,9);;/q;2*+1/p-2. The van der Waals surface area contributed by atoms with Crippen LogP contribution < -0.4 is 68.9 Å². The molecule has 0 radical (unpaired) electrons.